The molecule has 4 nitrogen and oxygen atoms in total. The van der Waals surface area contributed by atoms with Crippen LogP contribution in [0, 0.1) is 0 Å². The van der Waals surface area contributed by atoms with Crippen LogP contribution in [0.25, 0.3) is 44.2 Å². The number of carbonyl (C=O) groups excluding carboxylic acids is 2. The fraction of sp³-hybridized carbons (Fsp3) is 0.118. The fourth-order valence-corrected chi connectivity index (χ4v) is 5.79. The minimum absolute atomic E-state index is 0.0411. The highest BCUT2D eigenvalue weighted by Crippen LogP contribution is 2.44. The van der Waals surface area contributed by atoms with E-state index in [4.69, 9.17) is 8.83 Å². The van der Waals surface area contributed by atoms with Gasteiger partial charge in [-0.3, -0.25) is 9.59 Å². The Kier molecular flexibility index (Phi) is 6.91. The first kappa shape index (κ1) is 33.0. The first-order valence-electron chi connectivity index (χ1n) is 13.9. The number of alkyl halides is 12. The van der Waals surface area contributed by atoms with Crippen LogP contribution in [0.3, 0.4) is 0 Å². The zero-order valence-electron chi connectivity index (χ0n) is 24.1. The third-order valence-electron chi connectivity index (χ3n) is 8.09. The van der Waals surface area contributed by atoms with Crippen LogP contribution < -0.4 is 0 Å². The quantitative estimate of drug-likeness (QED) is 0.168. The van der Waals surface area contributed by atoms with Gasteiger partial charge in [-0.25, -0.2) is 0 Å². The average molecular weight is 712 g/mol. The van der Waals surface area contributed by atoms with Crippen molar-refractivity contribution in [3.05, 3.63) is 118 Å². The summed E-state index contributed by atoms with van der Waals surface area (Å²) in [4.78, 5) is 27.2. The molecule has 1 aliphatic carbocycles. The summed E-state index contributed by atoms with van der Waals surface area (Å²) in [5.74, 6) is -2.91. The summed E-state index contributed by atoms with van der Waals surface area (Å²) in [5, 5.41) is -0.0823. The Morgan fingerprint density at radius 2 is 0.680 bits per heavy atom. The molecule has 0 saturated carbocycles. The molecule has 0 aliphatic heterocycles. The molecule has 0 bridgehead atoms. The van der Waals surface area contributed by atoms with E-state index in [9.17, 15) is 62.3 Å². The van der Waals surface area contributed by atoms with Crippen molar-refractivity contribution in [1.29, 1.82) is 0 Å². The van der Waals surface area contributed by atoms with Crippen molar-refractivity contribution < 1.29 is 71.1 Å². The van der Waals surface area contributed by atoms with E-state index in [1.165, 1.54) is 0 Å². The second-order valence-corrected chi connectivity index (χ2v) is 11.3. The van der Waals surface area contributed by atoms with E-state index >= 15 is 0 Å². The molecule has 0 unspecified atom stereocenters. The molecule has 0 atom stereocenters. The van der Waals surface area contributed by atoms with Crippen molar-refractivity contribution in [3.8, 4) is 22.3 Å². The summed E-state index contributed by atoms with van der Waals surface area (Å²) >= 11 is 0. The van der Waals surface area contributed by atoms with Gasteiger partial charge < -0.3 is 8.83 Å². The van der Waals surface area contributed by atoms with Gasteiger partial charge in [-0.1, -0.05) is 12.1 Å². The highest BCUT2D eigenvalue weighted by Gasteiger charge is 2.41. The van der Waals surface area contributed by atoms with E-state index in [1.807, 2.05) is 0 Å². The molecule has 16 heteroatoms. The second-order valence-electron chi connectivity index (χ2n) is 11.3. The van der Waals surface area contributed by atoms with Crippen LogP contribution in [0.1, 0.15) is 54.5 Å². The predicted molar refractivity (Wildman–Crippen MR) is 150 cm³/mol. The third-order valence-corrected chi connectivity index (χ3v) is 8.09. The number of hydrogen-bond donors (Lipinski definition) is 0. The number of hydrogen-bond acceptors (Lipinski definition) is 4. The summed E-state index contributed by atoms with van der Waals surface area (Å²) in [5.41, 5.74) is -8.73. The lowest BCUT2D eigenvalue weighted by atomic mass is 9.90. The van der Waals surface area contributed by atoms with Gasteiger partial charge in [-0.2, -0.15) is 52.7 Å². The van der Waals surface area contributed by atoms with Crippen LogP contribution >= 0.6 is 0 Å². The van der Waals surface area contributed by atoms with Crippen LogP contribution in [0.15, 0.2) is 81.6 Å². The van der Waals surface area contributed by atoms with Crippen molar-refractivity contribution in [3.63, 3.8) is 0 Å². The number of benzene rings is 4. The van der Waals surface area contributed by atoms with Crippen molar-refractivity contribution in [1.82, 2.24) is 0 Å². The van der Waals surface area contributed by atoms with E-state index in [0.29, 0.717) is 24.3 Å². The molecule has 7 rings (SSSR count). The van der Waals surface area contributed by atoms with E-state index in [1.54, 1.807) is 0 Å². The largest absolute Gasteiger partial charge is 0.452 e. The number of halogens is 12. The van der Waals surface area contributed by atoms with Crippen LogP contribution in [0.4, 0.5) is 52.7 Å². The Morgan fingerprint density at radius 1 is 0.380 bits per heavy atom. The van der Waals surface area contributed by atoms with Gasteiger partial charge in [0.1, 0.15) is 11.2 Å². The highest BCUT2D eigenvalue weighted by molar-refractivity contribution is 6.33. The summed E-state index contributed by atoms with van der Waals surface area (Å²) in [6.45, 7) is 0. The smallest absolute Gasteiger partial charge is 0.416 e. The predicted octanol–water partition coefficient (Wildman–Crippen LogP) is 11.4. The molecule has 0 radical (unpaired) electrons. The first-order chi connectivity index (χ1) is 23.1. The van der Waals surface area contributed by atoms with Crippen molar-refractivity contribution >= 4 is 33.5 Å². The van der Waals surface area contributed by atoms with Crippen LogP contribution in [-0.4, -0.2) is 11.6 Å². The topological polar surface area (TPSA) is 60.4 Å². The molecule has 4 aromatic carbocycles. The molecule has 0 N–H and O–H groups in total. The number of fused-ring (bicyclic) bond motifs is 6. The minimum Gasteiger partial charge on any atom is -0.452 e. The van der Waals surface area contributed by atoms with Crippen LogP contribution in [0.5, 0.6) is 0 Å². The van der Waals surface area contributed by atoms with Crippen LogP contribution in [0.2, 0.25) is 0 Å². The van der Waals surface area contributed by atoms with Gasteiger partial charge in [0.2, 0.25) is 11.6 Å². The second kappa shape index (κ2) is 10.5. The van der Waals surface area contributed by atoms with Gasteiger partial charge in [0.25, 0.3) is 0 Å². The zero-order valence-corrected chi connectivity index (χ0v) is 24.1. The summed E-state index contributed by atoms with van der Waals surface area (Å²) in [6.07, 6.45) is -20.5. The first-order valence-corrected chi connectivity index (χ1v) is 13.9. The fourth-order valence-electron chi connectivity index (χ4n) is 5.79. The Hall–Kier alpha value is -5.54. The molecule has 2 aromatic heterocycles. The Balaban J connectivity index is 1.31. The monoisotopic (exact) mass is 712 g/mol. The Labute approximate surface area is 269 Å². The molecular formula is C34H12F12O4. The minimum atomic E-state index is -5.12. The summed E-state index contributed by atoms with van der Waals surface area (Å²) in [7, 11) is 0. The van der Waals surface area contributed by atoms with Gasteiger partial charge >= 0.3 is 24.7 Å². The molecule has 1 aliphatic rings. The van der Waals surface area contributed by atoms with Gasteiger partial charge in [0.15, 0.2) is 11.5 Å². The number of rotatable bonds is 2. The molecule has 0 saturated heterocycles. The normalized spacial score (nSPS) is 14.1. The van der Waals surface area contributed by atoms with Gasteiger partial charge in [0.05, 0.1) is 33.4 Å². The molecule has 6 aromatic rings. The molecule has 50 heavy (non-hydrogen) atoms. The average Bonchev–Trinajstić information content (AvgIpc) is 3.60. The maximum Gasteiger partial charge on any atom is 0.416 e. The maximum absolute atomic E-state index is 13.6. The lowest BCUT2D eigenvalue weighted by Gasteiger charge is -2.14. The van der Waals surface area contributed by atoms with Gasteiger partial charge in [-0.15, -0.1) is 0 Å². The van der Waals surface area contributed by atoms with Gasteiger partial charge in [0, 0.05) is 10.8 Å². The number of furan rings is 2. The van der Waals surface area contributed by atoms with E-state index in [0.717, 1.165) is 36.4 Å². The molecule has 0 fully saturated rings. The SMILES string of the molecule is O=C1c2oc3cc(-c4cc(C(F)(F)F)cc(C(F)(F)F)c4)ccc3c2C(=O)c2oc3cc(-c4cc(C(F)(F)F)cc(C(F)(F)F)c4)ccc3c21. The Bertz CT molecular complexity index is 2180. The number of ketones is 2. The molecule has 0 amide bonds. The molecule has 256 valence electrons. The highest BCUT2D eigenvalue weighted by atomic mass is 19.4. The lowest BCUT2D eigenvalue weighted by molar-refractivity contribution is -0.144. The Morgan fingerprint density at radius 3 is 0.960 bits per heavy atom. The maximum atomic E-state index is 13.6. The van der Waals surface area contributed by atoms with E-state index in [-0.39, 0.29) is 56.3 Å². The van der Waals surface area contributed by atoms with Crippen LogP contribution in [-0.2, 0) is 24.7 Å². The van der Waals surface area contributed by atoms with E-state index < -0.39 is 81.2 Å². The third kappa shape index (κ3) is 5.38. The zero-order chi connectivity index (χ0) is 36.3. The number of carbonyl (C=O) groups is 2. The standard InChI is InChI=1S/C34H12F12O4/c35-31(36,37)17-5-15(6-18(11-17)32(38,39)40)13-1-3-21-23(9-13)49-29-25(21)27(47)30-26(28(29)48)22-4-2-14(10-24(22)50-30)16-7-19(33(41,42)43)12-20(8-16)34(44,45)46/h1-12H. The van der Waals surface area contributed by atoms with Gasteiger partial charge in [-0.05, 0) is 82.9 Å². The van der Waals surface area contributed by atoms with Crippen molar-refractivity contribution in [2.24, 2.45) is 0 Å². The van der Waals surface area contributed by atoms with Crippen molar-refractivity contribution in [2.45, 2.75) is 24.7 Å². The summed E-state index contributed by atoms with van der Waals surface area (Å²) in [6, 6.07) is 8.56. The lowest BCUT2D eigenvalue weighted by Crippen LogP contribution is -2.17. The van der Waals surface area contributed by atoms with Crippen molar-refractivity contribution in [2.75, 3.05) is 0 Å². The summed E-state index contributed by atoms with van der Waals surface area (Å²) < 4.78 is 172. The van der Waals surface area contributed by atoms with E-state index in [2.05, 4.69) is 0 Å². The molecule has 2 heterocycles. The molecule has 0 spiro atoms. The molecular weight excluding hydrogens is 700 g/mol.